The number of hydrogen-bond donors (Lipinski definition) is 1. The maximum Gasteiger partial charge on any atom is 0.273 e. The lowest BCUT2D eigenvalue weighted by molar-refractivity contribution is -0.385. The van der Waals surface area contributed by atoms with Crippen molar-refractivity contribution in [3.05, 3.63) is 39.9 Å². The van der Waals surface area contributed by atoms with Gasteiger partial charge in [0.25, 0.3) is 5.69 Å². The summed E-state index contributed by atoms with van der Waals surface area (Å²) in [6.07, 6.45) is 3.39. The molecule has 3 atom stereocenters. The van der Waals surface area contributed by atoms with Gasteiger partial charge in [0, 0.05) is 30.8 Å². The molecule has 3 unspecified atom stereocenters. The number of nitro groups is 1. The molecule has 126 valence electrons. The van der Waals surface area contributed by atoms with Crippen LogP contribution in [-0.4, -0.2) is 34.9 Å². The van der Waals surface area contributed by atoms with Gasteiger partial charge in [-0.25, -0.2) is 0 Å². The third-order valence-electron chi connectivity index (χ3n) is 5.04. The fourth-order valence-corrected chi connectivity index (χ4v) is 3.83. The summed E-state index contributed by atoms with van der Waals surface area (Å²) in [5.41, 5.74) is 6.67. The minimum absolute atomic E-state index is 0. The summed E-state index contributed by atoms with van der Waals surface area (Å²) < 4.78 is 0. The number of likely N-dealkylation sites (tertiary alicyclic amines) is 1. The van der Waals surface area contributed by atoms with Crippen LogP contribution in [0.25, 0.3) is 0 Å². The first-order chi connectivity index (χ1) is 10.6. The second kappa shape index (κ2) is 7.27. The maximum atomic E-state index is 12.5. The quantitative estimate of drug-likeness (QED) is 0.675. The van der Waals surface area contributed by atoms with Crippen molar-refractivity contribution in [1.29, 1.82) is 0 Å². The fraction of sp³-hybridized carbons (Fsp3) is 0.562. The highest BCUT2D eigenvalue weighted by Gasteiger charge is 2.40. The van der Waals surface area contributed by atoms with E-state index in [1.165, 1.54) is 6.07 Å². The summed E-state index contributed by atoms with van der Waals surface area (Å²) in [4.78, 5) is 25.0. The number of fused-ring (bicyclic) bond motifs is 1. The van der Waals surface area contributed by atoms with Crippen LogP contribution in [0.1, 0.15) is 24.8 Å². The smallest absolute Gasteiger partial charge is 0.273 e. The molecule has 1 aromatic rings. The molecule has 1 aliphatic carbocycles. The molecule has 0 bridgehead atoms. The Hall–Kier alpha value is -1.66. The molecule has 2 fully saturated rings. The Morgan fingerprint density at radius 3 is 2.74 bits per heavy atom. The van der Waals surface area contributed by atoms with E-state index < -0.39 is 4.92 Å². The number of benzene rings is 1. The van der Waals surface area contributed by atoms with E-state index >= 15 is 0 Å². The molecule has 6 nitrogen and oxygen atoms in total. The molecular formula is C16H22ClN3O3. The molecule has 3 rings (SSSR count). The number of carbonyl (C=O) groups is 1. The molecule has 1 amide bonds. The van der Waals surface area contributed by atoms with Gasteiger partial charge < -0.3 is 10.6 Å². The molecule has 0 radical (unpaired) electrons. The summed E-state index contributed by atoms with van der Waals surface area (Å²) in [5.74, 6) is 0.859. The van der Waals surface area contributed by atoms with Crippen LogP contribution >= 0.6 is 12.4 Å². The van der Waals surface area contributed by atoms with Crippen molar-refractivity contribution in [2.45, 2.75) is 31.7 Å². The van der Waals surface area contributed by atoms with Crippen molar-refractivity contribution in [3.8, 4) is 0 Å². The number of hydrogen-bond acceptors (Lipinski definition) is 4. The average molecular weight is 340 g/mol. The monoisotopic (exact) mass is 339 g/mol. The molecule has 2 N–H and O–H groups in total. The van der Waals surface area contributed by atoms with Crippen molar-refractivity contribution >= 4 is 24.0 Å². The van der Waals surface area contributed by atoms with E-state index in [1.54, 1.807) is 18.2 Å². The molecule has 1 saturated carbocycles. The van der Waals surface area contributed by atoms with E-state index in [1.807, 2.05) is 4.90 Å². The standard InChI is InChI=1S/C16H21N3O3.ClH/c17-14-6-3-5-12-9-18(10-13(12)14)16(20)8-11-4-1-2-7-15(11)19(21)22;/h1-2,4,7,12-14H,3,5-6,8-10,17H2;1H. The Morgan fingerprint density at radius 2 is 2.04 bits per heavy atom. The Bertz CT molecular complexity index is 596. The number of para-hydroxylation sites is 1. The van der Waals surface area contributed by atoms with Crippen LogP contribution < -0.4 is 5.73 Å². The zero-order valence-electron chi connectivity index (χ0n) is 12.9. The molecule has 1 aliphatic heterocycles. The summed E-state index contributed by atoms with van der Waals surface area (Å²) in [6, 6.07) is 6.64. The maximum absolute atomic E-state index is 12.5. The predicted molar refractivity (Wildman–Crippen MR) is 89.4 cm³/mol. The van der Waals surface area contributed by atoms with Gasteiger partial charge in [-0.15, -0.1) is 12.4 Å². The van der Waals surface area contributed by atoms with Gasteiger partial charge in [-0.2, -0.15) is 0 Å². The first-order valence-corrected chi connectivity index (χ1v) is 7.82. The van der Waals surface area contributed by atoms with Gasteiger partial charge in [0.1, 0.15) is 0 Å². The SMILES string of the molecule is Cl.NC1CCCC2CN(C(=O)Cc3ccccc3[N+](=O)[O-])CC12. The molecular weight excluding hydrogens is 318 g/mol. The zero-order chi connectivity index (χ0) is 15.7. The molecule has 7 heteroatoms. The minimum Gasteiger partial charge on any atom is -0.342 e. The van der Waals surface area contributed by atoms with Crippen molar-refractivity contribution in [2.75, 3.05) is 13.1 Å². The van der Waals surface area contributed by atoms with Gasteiger partial charge in [-0.05, 0) is 24.7 Å². The van der Waals surface area contributed by atoms with E-state index in [0.717, 1.165) is 25.8 Å². The van der Waals surface area contributed by atoms with Crippen LogP contribution in [0.15, 0.2) is 24.3 Å². The minimum atomic E-state index is -0.428. The summed E-state index contributed by atoms with van der Waals surface area (Å²) in [6.45, 7) is 1.45. The second-order valence-electron chi connectivity index (χ2n) is 6.38. The second-order valence-corrected chi connectivity index (χ2v) is 6.38. The third-order valence-corrected chi connectivity index (χ3v) is 5.04. The van der Waals surface area contributed by atoms with Crippen molar-refractivity contribution in [3.63, 3.8) is 0 Å². The van der Waals surface area contributed by atoms with Gasteiger partial charge in [0.2, 0.25) is 5.91 Å². The first-order valence-electron chi connectivity index (χ1n) is 7.82. The Morgan fingerprint density at radius 1 is 1.30 bits per heavy atom. The number of nitro benzene ring substituents is 1. The van der Waals surface area contributed by atoms with Gasteiger partial charge in [0.15, 0.2) is 0 Å². The molecule has 23 heavy (non-hydrogen) atoms. The van der Waals surface area contributed by atoms with Crippen LogP contribution in [0.3, 0.4) is 0 Å². The normalized spacial score (nSPS) is 26.3. The molecule has 1 aromatic carbocycles. The highest BCUT2D eigenvalue weighted by atomic mass is 35.5. The summed E-state index contributed by atoms with van der Waals surface area (Å²) in [5, 5.41) is 11.0. The first kappa shape index (κ1) is 17.7. The number of rotatable bonds is 3. The summed E-state index contributed by atoms with van der Waals surface area (Å²) in [7, 11) is 0. The largest absolute Gasteiger partial charge is 0.342 e. The summed E-state index contributed by atoms with van der Waals surface area (Å²) >= 11 is 0. The highest BCUT2D eigenvalue weighted by molar-refractivity contribution is 5.85. The van der Waals surface area contributed by atoms with Crippen LogP contribution in [-0.2, 0) is 11.2 Å². The van der Waals surface area contributed by atoms with Gasteiger partial charge >= 0.3 is 0 Å². The van der Waals surface area contributed by atoms with Crippen LogP contribution in [0.5, 0.6) is 0 Å². The van der Waals surface area contributed by atoms with Crippen molar-refractivity contribution in [1.82, 2.24) is 4.90 Å². The van der Waals surface area contributed by atoms with E-state index in [4.69, 9.17) is 5.73 Å². The fourth-order valence-electron chi connectivity index (χ4n) is 3.83. The average Bonchev–Trinajstić information content (AvgIpc) is 2.93. The van der Waals surface area contributed by atoms with E-state index in [9.17, 15) is 14.9 Å². The molecule has 1 saturated heterocycles. The molecule has 0 aromatic heterocycles. The van der Waals surface area contributed by atoms with Crippen molar-refractivity contribution < 1.29 is 9.72 Å². The van der Waals surface area contributed by atoms with Crippen LogP contribution in [0, 0.1) is 22.0 Å². The molecule has 1 heterocycles. The van der Waals surface area contributed by atoms with E-state index in [2.05, 4.69) is 0 Å². The number of carbonyl (C=O) groups excluding carboxylic acids is 1. The Labute approximate surface area is 141 Å². The van der Waals surface area contributed by atoms with Gasteiger partial charge in [-0.1, -0.05) is 24.6 Å². The number of nitrogens with two attached hydrogens (primary N) is 1. The Kier molecular flexibility index (Phi) is 5.59. The van der Waals surface area contributed by atoms with E-state index in [0.29, 0.717) is 23.9 Å². The zero-order valence-corrected chi connectivity index (χ0v) is 13.7. The Balaban J connectivity index is 0.00000192. The van der Waals surface area contributed by atoms with E-state index in [-0.39, 0.29) is 36.5 Å². The number of nitrogens with zero attached hydrogens (tertiary/aromatic N) is 2. The number of halogens is 1. The molecule has 0 spiro atoms. The predicted octanol–water partition coefficient (Wildman–Crippen LogP) is 2.14. The third kappa shape index (κ3) is 3.64. The number of amides is 1. The molecule has 2 aliphatic rings. The lowest BCUT2D eigenvalue weighted by Crippen LogP contribution is -2.38. The topological polar surface area (TPSA) is 89.5 Å². The lowest BCUT2D eigenvalue weighted by Gasteiger charge is -2.29. The van der Waals surface area contributed by atoms with Crippen molar-refractivity contribution in [2.24, 2.45) is 17.6 Å². The lowest BCUT2D eigenvalue weighted by atomic mass is 9.78. The van der Waals surface area contributed by atoms with Crippen LogP contribution in [0.4, 0.5) is 5.69 Å². The highest BCUT2D eigenvalue weighted by Crippen LogP contribution is 2.35. The van der Waals surface area contributed by atoms with Crippen LogP contribution in [0.2, 0.25) is 0 Å². The van der Waals surface area contributed by atoms with Gasteiger partial charge in [-0.3, -0.25) is 14.9 Å². The van der Waals surface area contributed by atoms with Gasteiger partial charge in [0.05, 0.1) is 11.3 Å².